The summed E-state index contributed by atoms with van der Waals surface area (Å²) < 4.78 is 28.1. The number of hydrogen-bond donors (Lipinski definition) is 1. The molecule has 2 aromatic carbocycles. The van der Waals surface area contributed by atoms with Crippen molar-refractivity contribution < 1.29 is 13.2 Å². The molecule has 4 aromatic rings. The number of nitrogens with zero attached hydrogens (tertiary/aromatic N) is 3. The summed E-state index contributed by atoms with van der Waals surface area (Å²) in [5.41, 5.74) is 1.65. The van der Waals surface area contributed by atoms with E-state index in [4.69, 9.17) is 0 Å². The lowest BCUT2D eigenvalue weighted by atomic mass is 10.1. The Morgan fingerprint density at radius 3 is 2.48 bits per heavy atom. The molecule has 1 fully saturated rings. The Bertz CT molecular complexity index is 1550. The van der Waals surface area contributed by atoms with E-state index in [1.54, 1.807) is 30.5 Å². The fourth-order valence-electron chi connectivity index (χ4n) is 4.20. The summed E-state index contributed by atoms with van der Waals surface area (Å²) in [4.78, 5) is 34.3. The van der Waals surface area contributed by atoms with Crippen LogP contribution in [0.4, 0.5) is 0 Å². The monoisotopic (exact) mass is 462 g/mol. The van der Waals surface area contributed by atoms with Crippen LogP contribution in [0.1, 0.15) is 15.9 Å². The topological polar surface area (TPSA) is 103 Å². The summed E-state index contributed by atoms with van der Waals surface area (Å²) in [5, 5.41) is 1.53. The maximum atomic E-state index is 13.4. The second kappa shape index (κ2) is 8.09. The standard InChI is InChI=1S/C24H22N4O4S/c1-16-13-18-6-4-8-21(22(18)25-15-16)33(31,32)28-11-9-27(10-12-28)24(30)19-14-17-5-2-3-7-20(17)26-23(19)29/h2-8,13-15H,9-12H2,1H3,(H,26,29). The second-order valence-corrected chi connectivity index (χ2v) is 10.0. The molecule has 0 spiro atoms. The third kappa shape index (κ3) is 3.79. The quantitative estimate of drug-likeness (QED) is 0.504. The van der Waals surface area contributed by atoms with Gasteiger partial charge in [-0.15, -0.1) is 0 Å². The van der Waals surface area contributed by atoms with Crippen molar-refractivity contribution >= 4 is 37.7 Å². The zero-order valence-corrected chi connectivity index (χ0v) is 18.8. The fraction of sp³-hybridized carbons (Fsp3) is 0.208. The summed E-state index contributed by atoms with van der Waals surface area (Å²) in [7, 11) is -3.79. The summed E-state index contributed by atoms with van der Waals surface area (Å²) in [6, 6.07) is 15.8. The lowest BCUT2D eigenvalue weighted by molar-refractivity contribution is 0.0696. The minimum absolute atomic E-state index is 0.0543. The predicted molar refractivity (Wildman–Crippen MR) is 126 cm³/mol. The predicted octanol–water partition coefficient (Wildman–Crippen LogP) is 2.53. The molecular formula is C24H22N4O4S. The molecule has 0 atom stereocenters. The van der Waals surface area contributed by atoms with Crippen molar-refractivity contribution in [3.05, 3.63) is 82.3 Å². The average molecular weight is 463 g/mol. The minimum Gasteiger partial charge on any atom is -0.336 e. The number of sulfonamides is 1. The zero-order chi connectivity index (χ0) is 23.2. The highest BCUT2D eigenvalue weighted by Crippen LogP contribution is 2.26. The first-order valence-electron chi connectivity index (χ1n) is 10.6. The van der Waals surface area contributed by atoms with Gasteiger partial charge >= 0.3 is 0 Å². The fourth-order valence-corrected chi connectivity index (χ4v) is 5.79. The lowest BCUT2D eigenvalue weighted by Crippen LogP contribution is -2.51. The molecule has 0 radical (unpaired) electrons. The van der Waals surface area contributed by atoms with Gasteiger partial charge in [-0.1, -0.05) is 30.3 Å². The van der Waals surface area contributed by atoms with E-state index in [9.17, 15) is 18.0 Å². The SMILES string of the molecule is Cc1cnc2c(S(=O)(=O)N3CCN(C(=O)c4cc5ccccc5[nH]c4=O)CC3)cccc2c1. The molecule has 168 valence electrons. The highest BCUT2D eigenvalue weighted by molar-refractivity contribution is 7.89. The van der Waals surface area contributed by atoms with Crippen molar-refractivity contribution in [3.8, 4) is 0 Å². The molecule has 3 heterocycles. The molecule has 1 aliphatic heterocycles. The van der Waals surface area contributed by atoms with Crippen LogP contribution in [0.5, 0.6) is 0 Å². The molecule has 0 aliphatic carbocycles. The van der Waals surface area contributed by atoms with E-state index in [2.05, 4.69) is 9.97 Å². The van der Waals surface area contributed by atoms with E-state index < -0.39 is 21.5 Å². The Hall–Kier alpha value is -3.56. The van der Waals surface area contributed by atoms with E-state index in [1.807, 2.05) is 37.3 Å². The molecular weight excluding hydrogens is 440 g/mol. The molecule has 5 rings (SSSR count). The normalized spacial score (nSPS) is 15.2. The van der Waals surface area contributed by atoms with Crippen LogP contribution in [0.25, 0.3) is 21.8 Å². The molecule has 9 heteroatoms. The van der Waals surface area contributed by atoms with Crippen LogP contribution in [0, 0.1) is 6.92 Å². The molecule has 8 nitrogen and oxygen atoms in total. The number of amides is 1. The van der Waals surface area contributed by atoms with Gasteiger partial charge in [0, 0.05) is 43.3 Å². The van der Waals surface area contributed by atoms with Crippen molar-refractivity contribution in [2.75, 3.05) is 26.2 Å². The van der Waals surface area contributed by atoms with Crippen LogP contribution in [0.3, 0.4) is 0 Å². The first-order chi connectivity index (χ1) is 15.8. The number of rotatable bonds is 3. The molecule has 1 saturated heterocycles. The highest BCUT2D eigenvalue weighted by Gasteiger charge is 2.32. The van der Waals surface area contributed by atoms with E-state index in [1.165, 1.54) is 9.21 Å². The van der Waals surface area contributed by atoms with E-state index >= 15 is 0 Å². The van der Waals surface area contributed by atoms with Crippen molar-refractivity contribution in [2.24, 2.45) is 0 Å². The summed E-state index contributed by atoms with van der Waals surface area (Å²) in [6.07, 6.45) is 1.65. The number of aromatic amines is 1. The van der Waals surface area contributed by atoms with Gasteiger partial charge in [-0.2, -0.15) is 4.31 Å². The van der Waals surface area contributed by atoms with E-state index in [0.717, 1.165) is 16.3 Å². The Morgan fingerprint density at radius 2 is 1.70 bits per heavy atom. The van der Waals surface area contributed by atoms with Crippen LogP contribution < -0.4 is 5.56 Å². The van der Waals surface area contributed by atoms with E-state index in [-0.39, 0.29) is 36.6 Å². The number of piperazine rings is 1. The smallest absolute Gasteiger partial charge is 0.261 e. The Morgan fingerprint density at radius 1 is 0.970 bits per heavy atom. The maximum Gasteiger partial charge on any atom is 0.261 e. The molecule has 1 aliphatic rings. The number of carbonyl (C=O) groups excluding carboxylic acids is 1. The lowest BCUT2D eigenvalue weighted by Gasteiger charge is -2.34. The zero-order valence-electron chi connectivity index (χ0n) is 18.0. The van der Waals surface area contributed by atoms with Gasteiger partial charge in [-0.25, -0.2) is 8.42 Å². The first-order valence-corrected chi connectivity index (χ1v) is 12.1. The van der Waals surface area contributed by atoms with Gasteiger partial charge in [-0.3, -0.25) is 14.6 Å². The number of nitrogens with one attached hydrogen (secondary N) is 1. The van der Waals surface area contributed by atoms with Gasteiger partial charge in [-0.05, 0) is 42.1 Å². The van der Waals surface area contributed by atoms with Crippen molar-refractivity contribution in [1.82, 2.24) is 19.2 Å². The number of hydrogen-bond acceptors (Lipinski definition) is 5. The minimum atomic E-state index is -3.79. The van der Waals surface area contributed by atoms with Gasteiger partial charge in [0.1, 0.15) is 10.5 Å². The van der Waals surface area contributed by atoms with Gasteiger partial charge < -0.3 is 9.88 Å². The molecule has 2 aromatic heterocycles. The van der Waals surface area contributed by atoms with Gasteiger partial charge in [0.2, 0.25) is 10.0 Å². The van der Waals surface area contributed by atoms with Crippen LogP contribution >= 0.6 is 0 Å². The molecule has 0 saturated carbocycles. The summed E-state index contributed by atoms with van der Waals surface area (Å²) >= 11 is 0. The number of carbonyl (C=O) groups is 1. The largest absolute Gasteiger partial charge is 0.336 e. The molecule has 0 unspecified atom stereocenters. The average Bonchev–Trinajstić information content (AvgIpc) is 2.82. The number of benzene rings is 2. The number of pyridine rings is 2. The van der Waals surface area contributed by atoms with Gasteiger partial charge in [0.15, 0.2) is 0 Å². The molecule has 0 bridgehead atoms. The summed E-state index contributed by atoms with van der Waals surface area (Å²) in [5.74, 6) is -0.402. The van der Waals surface area contributed by atoms with E-state index in [0.29, 0.717) is 11.0 Å². The van der Waals surface area contributed by atoms with Crippen LogP contribution in [0.2, 0.25) is 0 Å². The maximum absolute atomic E-state index is 13.4. The third-order valence-electron chi connectivity index (χ3n) is 5.94. The van der Waals surface area contributed by atoms with Crippen LogP contribution in [-0.2, 0) is 10.0 Å². The molecule has 33 heavy (non-hydrogen) atoms. The van der Waals surface area contributed by atoms with Crippen LogP contribution in [0.15, 0.2) is 70.5 Å². The van der Waals surface area contributed by atoms with Gasteiger partial charge in [0.05, 0.1) is 5.52 Å². The van der Waals surface area contributed by atoms with Crippen LogP contribution in [-0.4, -0.2) is 59.7 Å². The third-order valence-corrected chi connectivity index (χ3v) is 7.87. The Labute approximate surface area is 190 Å². The number of fused-ring (bicyclic) bond motifs is 2. The first kappa shape index (κ1) is 21.3. The number of aromatic nitrogens is 2. The highest BCUT2D eigenvalue weighted by atomic mass is 32.2. The summed E-state index contributed by atoms with van der Waals surface area (Å²) in [6.45, 7) is 2.58. The van der Waals surface area contributed by atoms with Crippen molar-refractivity contribution in [1.29, 1.82) is 0 Å². The number of para-hydroxylation sites is 2. The van der Waals surface area contributed by atoms with Crippen molar-refractivity contribution in [2.45, 2.75) is 11.8 Å². The molecule has 1 amide bonds. The number of aryl methyl sites for hydroxylation is 1. The Kier molecular flexibility index (Phi) is 5.22. The Balaban J connectivity index is 1.38. The molecule has 1 N–H and O–H groups in total. The van der Waals surface area contributed by atoms with Gasteiger partial charge in [0.25, 0.3) is 11.5 Å². The van der Waals surface area contributed by atoms with Crippen molar-refractivity contribution in [3.63, 3.8) is 0 Å². The second-order valence-electron chi connectivity index (χ2n) is 8.14. The number of H-pyrrole nitrogens is 1.